The first-order valence-electron chi connectivity index (χ1n) is 5.40. The van der Waals surface area contributed by atoms with Crippen molar-refractivity contribution in [3.8, 4) is 0 Å². The third-order valence-corrected chi connectivity index (χ3v) is 2.94. The van der Waals surface area contributed by atoms with Crippen LogP contribution in [0.4, 0.5) is 0 Å². The van der Waals surface area contributed by atoms with Crippen molar-refractivity contribution in [3.63, 3.8) is 0 Å². The number of methoxy groups -OCH3 is 1. The largest absolute Gasteiger partial charge is 0.383 e. The van der Waals surface area contributed by atoms with Crippen molar-refractivity contribution in [2.75, 3.05) is 20.3 Å². The van der Waals surface area contributed by atoms with Crippen LogP contribution in [-0.2, 0) is 16.7 Å². The predicted octanol–water partition coefficient (Wildman–Crippen LogP) is 1.46. The topological polar surface area (TPSA) is 47.3 Å². The Hall–Kier alpha value is -0.870. The fourth-order valence-corrected chi connectivity index (χ4v) is 1.50. The Morgan fingerprint density at radius 2 is 2.40 bits per heavy atom. The second-order valence-electron chi connectivity index (χ2n) is 4.41. The van der Waals surface area contributed by atoms with Gasteiger partial charge in [-0.2, -0.15) is 0 Å². The number of hydrogen-bond donors (Lipinski definition) is 1. The number of nitrogens with zero attached hydrogens (tertiary/aromatic N) is 1. The zero-order chi connectivity index (χ0) is 10.7. The first-order chi connectivity index (χ1) is 7.24. The molecule has 0 aromatic carbocycles. The summed E-state index contributed by atoms with van der Waals surface area (Å²) in [6.45, 7) is 4.54. The van der Waals surface area contributed by atoms with Gasteiger partial charge in [-0.25, -0.2) is 0 Å². The standard InChI is InChI=1S/C11H18N2O2/c1-11(3-4-11)10-7-9(13-15-10)8-12-5-6-14-2/h7,12H,3-6,8H2,1-2H3. The van der Waals surface area contributed by atoms with Gasteiger partial charge in [0.2, 0.25) is 0 Å². The van der Waals surface area contributed by atoms with Gasteiger partial charge in [0.1, 0.15) is 5.76 Å². The molecular formula is C11H18N2O2. The summed E-state index contributed by atoms with van der Waals surface area (Å²) in [4.78, 5) is 0. The van der Waals surface area contributed by atoms with Crippen LogP contribution in [-0.4, -0.2) is 25.4 Å². The smallest absolute Gasteiger partial charge is 0.142 e. The molecule has 1 heterocycles. The lowest BCUT2D eigenvalue weighted by molar-refractivity contribution is 0.199. The zero-order valence-corrected chi connectivity index (χ0v) is 9.38. The van der Waals surface area contributed by atoms with E-state index in [9.17, 15) is 0 Å². The SMILES string of the molecule is COCCNCc1cc(C2(C)CC2)on1. The van der Waals surface area contributed by atoms with E-state index in [1.807, 2.05) is 0 Å². The van der Waals surface area contributed by atoms with Crippen molar-refractivity contribution in [3.05, 3.63) is 17.5 Å². The highest BCUT2D eigenvalue weighted by Crippen LogP contribution is 2.47. The number of aromatic nitrogens is 1. The molecule has 1 saturated carbocycles. The van der Waals surface area contributed by atoms with E-state index >= 15 is 0 Å². The van der Waals surface area contributed by atoms with Gasteiger partial charge in [0.25, 0.3) is 0 Å². The first-order valence-corrected chi connectivity index (χ1v) is 5.40. The van der Waals surface area contributed by atoms with Crippen molar-refractivity contribution < 1.29 is 9.26 Å². The molecule has 0 spiro atoms. The minimum Gasteiger partial charge on any atom is -0.383 e. The van der Waals surface area contributed by atoms with Crippen LogP contribution in [0, 0.1) is 0 Å². The van der Waals surface area contributed by atoms with Crippen molar-refractivity contribution in [2.45, 2.75) is 31.7 Å². The molecule has 0 saturated heterocycles. The van der Waals surface area contributed by atoms with Crippen LogP contribution < -0.4 is 5.32 Å². The summed E-state index contributed by atoms with van der Waals surface area (Å²) < 4.78 is 10.3. The number of ether oxygens (including phenoxy) is 1. The minimum atomic E-state index is 0.276. The second kappa shape index (κ2) is 4.33. The highest BCUT2D eigenvalue weighted by atomic mass is 16.5. The molecule has 0 atom stereocenters. The Kier molecular flexibility index (Phi) is 3.07. The predicted molar refractivity (Wildman–Crippen MR) is 56.7 cm³/mol. The number of rotatable bonds is 6. The average molecular weight is 210 g/mol. The molecule has 0 amide bonds. The molecule has 1 aliphatic rings. The van der Waals surface area contributed by atoms with Crippen LogP contribution in [0.1, 0.15) is 31.2 Å². The van der Waals surface area contributed by atoms with Gasteiger partial charge in [-0.15, -0.1) is 0 Å². The van der Waals surface area contributed by atoms with E-state index in [1.54, 1.807) is 7.11 Å². The highest BCUT2D eigenvalue weighted by molar-refractivity contribution is 5.21. The maximum atomic E-state index is 5.33. The minimum absolute atomic E-state index is 0.276. The summed E-state index contributed by atoms with van der Waals surface area (Å²) in [6, 6.07) is 2.06. The normalized spacial score (nSPS) is 18.0. The van der Waals surface area contributed by atoms with Gasteiger partial charge < -0.3 is 14.6 Å². The van der Waals surface area contributed by atoms with Crippen molar-refractivity contribution in [1.82, 2.24) is 10.5 Å². The molecule has 15 heavy (non-hydrogen) atoms. The van der Waals surface area contributed by atoms with E-state index < -0.39 is 0 Å². The van der Waals surface area contributed by atoms with Gasteiger partial charge in [0.15, 0.2) is 0 Å². The van der Waals surface area contributed by atoms with Crippen LogP contribution in [0.25, 0.3) is 0 Å². The molecule has 2 rings (SSSR count). The molecule has 0 radical (unpaired) electrons. The molecule has 1 aliphatic carbocycles. The molecule has 84 valence electrons. The maximum Gasteiger partial charge on any atom is 0.142 e. The van der Waals surface area contributed by atoms with Crippen LogP contribution in [0.15, 0.2) is 10.6 Å². The lowest BCUT2D eigenvalue weighted by Crippen LogP contribution is -2.18. The van der Waals surface area contributed by atoms with Gasteiger partial charge in [-0.05, 0) is 12.8 Å². The summed E-state index contributed by atoms with van der Waals surface area (Å²) in [6.07, 6.45) is 2.44. The monoisotopic (exact) mass is 210 g/mol. The summed E-state index contributed by atoms with van der Waals surface area (Å²) in [5.41, 5.74) is 1.26. The van der Waals surface area contributed by atoms with Crippen molar-refractivity contribution >= 4 is 0 Å². The average Bonchev–Trinajstić information content (AvgIpc) is 2.82. The third-order valence-electron chi connectivity index (χ3n) is 2.94. The van der Waals surface area contributed by atoms with Gasteiger partial charge in [-0.3, -0.25) is 0 Å². The summed E-state index contributed by atoms with van der Waals surface area (Å²) in [7, 11) is 1.70. The van der Waals surface area contributed by atoms with Gasteiger partial charge in [-0.1, -0.05) is 12.1 Å². The Morgan fingerprint density at radius 3 is 3.07 bits per heavy atom. The number of nitrogens with one attached hydrogen (secondary N) is 1. The Morgan fingerprint density at radius 1 is 1.60 bits per heavy atom. The fourth-order valence-electron chi connectivity index (χ4n) is 1.50. The molecule has 4 nitrogen and oxygen atoms in total. The molecular weight excluding hydrogens is 192 g/mol. The zero-order valence-electron chi connectivity index (χ0n) is 9.38. The molecule has 1 fully saturated rings. The highest BCUT2D eigenvalue weighted by Gasteiger charge is 2.42. The van der Waals surface area contributed by atoms with E-state index in [0.29, 0.717) is 0 Å². The molecule has 0 bridgehead atoms. The van der Waals surface area contributed by atoms with Crippen LogP contribution >= 0.6 is 0 Å². The summed E-state index contributed by atoms with van der Waals surface area (Å²) >= 11 is 0. The van der Waals surface area contributed by atoms with Gasteiger partial charge in [0.05, 0.1) is 12.3 Å². The van der Waals surface area contributed by atoms with Crippen LogP contribution in [0.3, 0.4) is 0 Å². The first kappa shape index (κ1) is 10.6. The van der Waals surface area contributed by atoms with E-state index in [0.717, 1.165) is 31.2 Å². The maximum absolute atomic E-state index is 5.33. The molecule has 1 aromatic heterocycles. The molecule has 0 aliphatic heterocycles. The quantitative estimate of drug-likeness (QED) is 0.722. The van der Waals surface area contributed by atoms with Crippen LogP contribution in [0.5, 0.6) is 0 Å². The van der Waals surface area contributed by atoms with E-state index in [4.69, 9.17) is 9.26 Å². The molecule has 1 aromatic rings. The van der Waals surface area contributed by atoms with E-state index in [2.05, 4.69) is 23.5 Å². The summed E-state index contributed by atoms with van der Waals surface area (Å²) in [5.74, 6) is 1.03. The molecule has 1 N–H and O–H groups in total. The lowest BCUT2D eigenvalue weighted by Gasteiger charge is -2.00. The molecule has 0 unspecified atom stereocenters. The lowest BCUT2D eigenvalue weighted by atomic mass is 10.1. The Labute approximate surface area is 90.0 Å². The third kappa shape index (κ3) is 2.58. The van der Waals surface area contributed by atoms with E-state index in [1.165, 1.54) is 12.8 Å². The van der Waals surface area contributed by atoms with Gasteiger partial charge >= 0.3 is 0 Å². The number of hydrogen-bond acceptors (Lipinski definition) is 4. The van der Waals surface area contributed by atoms with Crippen LogP contribution in [0.2, 0.25) is 0 Å². The van der Waals surface area contributed by atoms with E-state index in [-0.39, 0.29) is 5.41 Å². The van der Waals surface area contributed by atoms with Crippen molar-refractivity contribution in [2.24, 2.45) is 0 Å². The Balaban J connectivity index is 1.80. The van der Waals surface area contributed by atoms with Crippen molar-refractivity contribution in [1.29, 1.82) is 0 Å². The fraction of sp³-hybridized carbons (Fsp3) is 0.727. The second-order valence-corrected chi connectivity index (χ2v) is 4.41. The summed E-state index contributed by atoms with van der Waals surface area (Å²) in [5, 5.41) is 7.28. The Bertz CT molecular complexity index is 318. The van der Waals surface area contributed by atoms with Gasteiger partial charge in [0, 0.05) is 31.7 Å². The molecule has 4 heteroatoms.